The molecule has 0 aromatic carbocycles. The van der Waals surface area contributed by atoms with Crippen LogP contribution in [0.2, 0.25) is 5.02 Å². The topological polar surface area (TPSA) is 24.9 Å². The van der Waals surface area contributed by atoms with Crippen LogP contribution in [0.3, 0.4) is 0 Å². The van der Waals surface area contributed by atoms with E-state index in [1.54, 1.807) is 12.4 Å². The van der Waals surface area contributed by atoms with Gasteiger partial charge in [0, 0.05) is 18.9 Å². The van der Waals surface area contributed by atoms with Gasteiger partial charge in [-0.1, -0.05) is 43.7 Å². The lowest BCUT2D eigenvalue weighted by atomic mass is 9.87. The van der Waals surface area contributed by atoms with Crippen molar-refractivity contribution < 1.29 is 0 Å². The molecule has 0 amide bonds. The molecular formula is C13H19ClN2. The van der Waals surface area contributed by atoms with E-state index < -0.39 is 0 Å². The van der Waals surface area contributed by atoms with Gasteiger partial charge in [0.25, 0.3) is 0 Å². The van der Waals surface area contributed by atoms with Gasteiger partial charge in [-0.15, -0.1) is 0 Å². The third kappa shape index (κ3) is 3.38. The lowest BCUT2D eigenvalue weighted by Crippen LogP contribution is -2.12. The Bertz CT molecular complexity index is 321. The van der Waals surface area contributed by atoms with Gasteiger partial charge >= 0.3 is 0 Å². The number of hydrogen-bond donors (Lipinski definition) is 1. The van der Waals surface area contributed by atoms with E-state index in [1.165, 1.54) is 38.5 Å². The summed E-state index contributed by atoms with van der Waals surface area (Å²) in [5, 5.41) is 4.10. The van der Waals surface area contributed by atoms with Crippen LogP contribution in [0.25, 0.3) is 0 Å². The standard InChI is InChI=1S/C13H19ClN2/c14-12-10-15-8-7-13(12)16-9-6-11-4-2-1-3-5-11/h7-8,10-11H,1-6,9H2,(H,15,16). The van der Waals surface area contributed by atoms with Crippen LogP contribution in [-0.2, 0) is 0 Å². The number of hydrogen-bond acceptors (Lipinski definition) is 2. The molecule has 88 valence electrons. The van der Waals surface area contributed by atoms with Crippen molar-refractivity contribution in [2.75, 3.05) is 11.9 Å². The molecule has 0 bridgehead atoms. The van der Waals surface area contributed by atoms with Crippen molar-refractivity contribution in [3.05, 3.63) is 23.5 Å². The number of anilines is 1. The molecule has 1 aromatic heterocycles. The number of nitrogens with zero attached hydrogens (tertiary/aromatic N) is 1. The molecule has 2 nitrogen and oxygen atoms in total. The third-order valence-electron chi connectivity index (χ3n) is 3.37. The number of pyridine rings is 1. The molecule has 1 N–H and O–H groups in total. The lowest BCUT2D eigenvalue weighted by molar-refractivity contribution is 0.345. The first-order valence-corrected chi connectivity index (χ1v) is 6.57. The quantitative estimate of drug-likeness (QED) is 0.854. The molecule has 0 spiro atoms. The van der Waals surface area contributed by atoms with Crippen LogP contribution in [-0.4, -0.2) is 11.5 Å². The lowest BCUT2D eigenvalue weighted by Gasteiger charge is -2.21. The van der Waals surface area contributed by atoms with Crippen molar-refractivity contribution >= 4 is 17.3 Å². The minimum Gasteiger partial charge on any atom is -0.384 e. The van der Waals surface area contributed by atoms with Gasteiger partial charge in [0.2, 0.25) is 0 Å². The maximum atomic E-state index is 6.02. The number of rotatable bonds is 4. The highest BCUT2D eigenvalue weighted by Crippen LogP contribution is 2.26. The van der Waals surface area contributed by atoms with Crippen LogP contribution in [0.15, 0.2) is 18.5 Å². The van der Waals surface area contributed by atoms with E-state index in [-0.39, 0.29) is 0 Å². The predicted molar refractivity (Wildman–Crippen MR) is 68.9 cm³/mol. The summed E-state index contributed by atoms with van der Waals surface area (Å²) in [6.07, 6.45) is 11.8. The zero-order valence-electron chi connectivity index (χ0n) is 9.58. The molecular weight excluding hydrogens is 220 g/mol. The molecule has 0 radical (unpaired) electrons. The second kappa shape index (κ2) is 6.09. The summed E-state index contributed by atoms with van der Waals surface area (Å²) in [6, 6.07) is 1.93. The van der Waals surface area contributed by atoms with Gasteiger partial charge in [-0.3, -0.25) is 4.98 Å². The van der Waals surface area contributed by atoms with Crippen LogP contribution >= 0.6 is 11.6 Å². The zero-order valence-corrected chi connectivity index (χ0v) is 10.3. The van der Waals surface area contributed by atoms with Crippen molar-refractivity contribution in [1.82, 2.24) is 4.98 Å². The van der Waals surface area contributed by atoms with Crippen LogP contribution in [0.5, 0.6) is 0 Å². The summed E-state index contributed by atoms with van der Waals surface area (Å²) < 4.78 is 0. The molecule has 1 aliphatic carbocycles. The second-order valence-electron chi connectivity index (χ2n) is 4.58. The molecule has 16 heavy (non-hydrogen) atoms. The summed E-state index contributed by atoms with van der Waals surface area (Å²) in [5.74, 6) is 0.918. The minimum atomic E-state index is 0.714. The van der Waals surface area contributed by atoms with Gasteiger partial charge in [-0.25, -0.2) is 0 Å². The van der Waals surface area contributed by atoms with Crippen molar-refractivity contribution in [3.63, 3.8) is 0 Å². The monoisotopic (exact) mass is 238 g/mol. The fraction of sp³-hybridized carbons (Fsp3) is 0.615. The Morgan fingerprint density at radius 1 is 1.31 bits per heavy atom. The zero-order chi connectivity index (χ0) is 11.2. The molecule has 2 rings (SSSR count). The SMILES string of the molecule is Clc1cnccc1NCCC1CCCCC1. The number of aromatic nitrogens is 1. The van der Waals surface area contributed by atoms with Crippen molar-refractivity contribution in [1.29, 1.82) is 0 Å². The summed E-state index contributed by atoms with van der Waals surface area (Å²) >= 11 is 6.02. The molecule has 0 saturated heterocycles. The number of halogens is 1. The fourth-order valence-electron chi connectivity index (χ4n) is 2.41. The summed E-state index contributed by atoms with van der Waals surface area (Å²) in [5.41, 5.74) is 1.01. The van der Waals surface area contributed by atoms with Crippen molar-refractivity contribution in [2.24, 2.45) is 5.92 Å². The average Bonchev–Trinajstić information content (AvgIpc) is 2.33. The van der Waals surface area contributed by atoms with E-state index in [9.17, 15) is 0 Å². The van der Waals surface area contributed by atoms with E-state index >= 15 is 0 Å². The van der Waals surface area contributed by atoms with Crippen LogP contribution in [0.1, 0.15) is 38.5 Å². The molecule has 0 aliphatic heterocycles. The minimum absolute atomic E-state index is 0.714. The van der Waals surface area contributed by atoms with Crippen LogP contribution < -0.4 is 5.32 Å². The van der Waals surface area contributed by atoms with E-state index in [0.29, 0.717) is 5.02 Å². The molecule has 1 aromatic rings. The number of nitrogens with one attached hydrogen (secondary N) is 1. The highest BCUT2D eigenvalue weighted by Gasteiger charge is 2.12. The Kier molecular flexibility index (Phi) is 4.46. The van der Waals surface area contributed by atoms with Gasteiger partial charge in [0.1, 0.15) is 0 Å². The van der Waals surface area contributed by atoms with Gasteiger partial charge in [0.05, 0.1) is 10.7 Å². The first-order chi connectivity index (χ1) is 7.86. The summed E-state index contributed by atoms with van der Waals surface area (Å²) in [6.45, 7) is 1.02. The van der Waals surface area contributed by atoms with E-state index in [2.05, 4.69) is 10.3 Å². The Morgan fingerprint density at radius 2 is 2.12 bits per heavy atom. The second-order valence-corrected chi connectivity index (χ2v) is 4.98. The van der Waals surface area contributed by atoms with Gasteiger partial charge in [-0.2, -0.15) is 0 Å². The predicted octanol–water partition coefficient (Wildman–Crippen LogP) is 4.12. The van der Waals surface area contributed by atoms with Gasteiger partial charge in [-0.05, 0) is 18.4 Å². The fourth-order valence-corrected chi connectivity index (χ4v) is 2.59. The van der Waals surface area contributed by atoms with E-state index in [0.717, 1.165) is 18.2 Å². The van der Waals surface area contributed by atoms with Crippen molar-refractivity contribution in [2.45, 2.75) is 38.5 Å². The third-order valence-corrected chi connectivity index (χ3v) is 3.67. The summed E-state index contributed by atoms with van der Waals surface area (Å²) in [4.78, 5) is 3.97. The molecule has 1 aliphatic rings. The Morgan fingerprint density at radius 3 is 2.88 bits per heavy atom. The average molecular weight is 239 g/mol. The Balaban J connectivity index is 1.73. The first kappa shape index (κ1) is 11.7. The summed E-state index contributed by atoms with van der Waals surface area (Å²) in [7, 11) is 0. The maximum absolute atomic E-state index is 6.02. The Hall–Kier alpha value is -0.760. The van der Waals surface area contributed by atoms with Gasteiger partial charge < -0.3 is 5.32 Å². The molecule has 1 fully saturated rings. The first-order valence-electron chi connectivity index (χ1n) is 6.19. The van der Waals surface area contributed by atoms with Gasteiger partial charge in [0.15, 0.2) is 0 Å². The molecule has 0 atom stereocenters. The van der Waals surface area contributed by atoms with Crippen LogP contribution in [0.4, 0.5) is 5.69 Å². The smallest absolute Gasteiger partial charge is 0.0820 e. The molecule has 1 saturated carbocycles. The molecule has 0 unspecified atom stereocenters. The highest BCUT2D eigenvalue weighted by atomic mass is 35.5. The molecule has 3 heteroatoms. The largest absolute Gasteiger partial charge is 0.384 e. The molecule has 1 heterocycles. The van der Waals surface area contributed by atoms with Crippen molar-refractivity contribution in [3.8, 4) is 0 Å². The van der Waals surface area contributed by atoms with E-state index in [1.807, 2.05) is 6.07 Å². The van der Waals surface area contributed by atoms with Crippen LogP contribution in [0, 0.1) is 5.92 Å². The normalized spacial score (nSPS) is 17.3. The highest BCUT2D eigenvalue weighted by molar-refractivity contribution is 6.33. The maximum Gasteiger partial charge on any atom is 0.0820 e. The Labute approximate surface area is 102 Å². The van der Waals surface area contributed by atoms with E-state index in [4.69, 9.17) is 11.6 Å².